The average Bonchev–Trinajstić information content (AvgIpc) is 2.61. The van der Waals surface area contributed by atoms with Gasteiger partial charge in [-0.3, -0.25) is 9.59 Å². The molecule has 6 nitrogen and oxygen atoms in total. The van der Waals surface area contributed by atoms with E-state index >= 15 is 0 Å². The summed E-state index contributed by atoms with van der Waals surface area (Å²) in [6, 6.07) is 10.1. The van der Waals surface area contributed by atoms with Crippen LogP contribution >= 0.6 is 34.8 Å². The quantitative estimate of drug-likeness (QED) is 0.663. The van der Waals surface area contributed by atoms with Crippen LogP contribution in [-0.2, 0) is 9.59 Å². The fraction of sp³-hybridized carbons (Fsp3) is 0.222. The van der Waals surface area contributed by atoms with E-state index in [4.69, 9.17) is 45.3 Å². The molecule has 0 aromatic heterocycles. The number of hydrogen-bond acceptors (Lipinski definition) is 4. The Hall–Kier alpha value is -2.15. The molecule has 0 bridgehead atoms. The van der Waals surface area contributed by atoms with Crippen LogP contribution < -0.4 is 20.7 Å². The number of primary amides is 1. The van der Waals surface area contributed by atoms with Gasteiger partial charge in [-0.2, -0.15) is 0 Å². The molecule has 2 rings (SSSR count). The van der Waals surface area contributed by atoms with Crippen molar-refractivity contribution in [1.82, 2.24) is 0 Å². The third-order valence-corrected chi connectivity index (χ3v) is 4.49. The van der Waals surface area contributed by atoms with Gasteiger partial charge in [0.2, 0.25) is 11.8 Å². The van der Waals surface area contributed by atoms with Crippen molar-refractivity contribution < 1.29 is 14.3 Å². The Morgan fingerprint density at radius 3 is 2.22 bits per heavy atom. The minimum absolute atomic E-state index is 0.0328. The molecule has 0 radical (unpaired) electrons. The van der Waals surface area contributed by atoms with Crippen molar-refractivity contribution in [3.8, 4) is 5.75 Å². The Bertz CT molecular complexity index is 805. The summed E-state index contributed by atoms with van der Waals surface area (Å²) in [5.74, 6) is -0.142. The average molecular weight is 431 g/mol. The van der Waals surface area contributed by atoms with Crippen LogP contribution in [0, 0.1) is 0 Å². The van der Waals surface area contributed by atoms with Crippen LogP contribution in [0.4, 0.5) is 11.4 Å². The molecule has 144 valence electrons. The summed E-state index contributed by atoms with van der Waals surface area (Å²) in [5.41, 5.74) is 6.25. The smallest absolute Gasteiger partial charge is 0.243 e. The highest BCUT2D eigenvalue weighted by Crippen LogP contribution is 2.33. The molecule has 0 fully saturated rings. The molecule has 2 aromatic carbocycles. The maximum atomic E-state index is 12.5. The van der Waals surface area contributed by atoms with Crippen LogP contribution in [0.15, 0.2) is 36.4 Å². The zero-order valence-electron chi connectivity index (χ0n) is 14.5. The van der Waals surface area contributed by atoms with E-state index in [0.29, 0.717) is 10.8 Å². The Labute approximate surface area is 172 Å². The SMILES string of the molecule is COc1ccc(N(CCC(N)=O)CC(=O)Nc2c(Cl)cc(Cl)cc2Cl)cc1. The highest BCUT2D eigenvalue weighted by Gasteiger charge is 2.16. The molecule has 0 spiro atoms. The molecule has 0 aliphatic carbocycles. The number of benzene rings is 2. The second kappa shape index (κ2) is 9.69. The van der Waals surface area contributed by atoms with Crippen molar-refractivity contribution in [1.29, 1.82) is 0 Å². The first-order valence-corrected chi connectivity index (χ1v) is 9.05. The van der Waals surface area contributed by atoms with Crippen molar-refractivity contribution in [2.75, 3.05) is 30.4 Å². The number of carbonyl (C=O) groups excluding carboxylic acids is 2. The number of anilines is 2. The monoisotopic (exact) mass is 429 g/mol. The number of nitrogens with zero attached hydrogens (tertiary/aromatic N) is 1. The number of rotatable bonds is 8. The highest BCUT2D eigenvalue weighted by molar-refractivity contribution is 6.42. The van der Waals surface area contributed by atoms with E-state index in [2.05, 4.69) is 5.32 Å². The molecule has 27 heavy (non-hydrogen) atoms. The van der Waals surface area contributed by atoms with Gasteiger partial charge in [-0.25, -0.2) is 0 Å². The number of ether oxygens (including phenoxy) is 1. The molecule has 3 N–H and O–H groups in total. The van der Waals surface area contributed by atoms with E-state index in [9.17, 15) is 9.59 Å². The van der Waals surface area contributed by atoms with Gasteiger partial charge in [-0.1, -0.05) is 34.8 Å². The van der Waals surface area contributed by atoms with Crippen LogP contribution in [-0.4, -0.2) is 32.0 Å². The van der Waals surface area contributed by atoms with Gasteiger partial charge in [-0.15, -0.1) is 0 Å². The fourth-order valence-corrected chi connectivity index (χ4v) is 3.26. The number of nitrogens with two attached hydrogens (primary N) is 1. The van der Waals surface area contributed by atoms with Gasteiger partial charge in [0.25, 0.3) is 0 Å². The summed E-state index contributed by atoms with van der Waals surface area (Å²) in [5, 5.41) is 3.50. The molecule has 0 saturated heterocycles. The third-order valence-electron chi connectivity index (χ3n) is 3.67. The van der Waals surface area contributed by atoms with E-state index in [1.54, 1.807) is 36.3 Å². The zero-order chi connectivity index (χ0) is 20.0. The van der Waals surface area contributed by atoms with Crippen LogP contribution in [0.3, 0.4) is 0 Å². The van der Waals surface area contributed by atoms with E-state index in [1.807, 2.05) is 0 Å². The highest BCUT2D eigenvalue weighted by atomic mass is 35.5. The van der Waals surface area contributed by atoms with Gasteiger partial charge >= 0.3 is 0 Å². The summed E-state index contributed by atoms with van der Waals surface area (Å²) in [7, 11) is 1.56. The number of amides is 2. The van der Waals surface area contributed by atoms with Gasteiger partial charge in [0.1, 0.15) is 5.75 Å². The minimum atomic E-state index is -0.460. The molecule has 0 aliphatic rings. The van der Waals surface area contributed by atoms with Gasteiger partial charge in [-0.05, 0) is 36.4 Å². The standard InChI is InChI=1S/C18H18Cl3N3O3/c1-27-13-4-2-12(3-5-13)24(7-6-16(22)25)10-17(26)23-18-14(20)8-11(19)9-15(18)21/h2-5,8-9H,6-7,10H2,1H3,(H2,22,25)(H,23,26). The summed E-state index contributed by atoms with van der Waals surface area (Å²) >= 11 is 18.1. The van der Waals surface area contributed by atoms with Crippen LogP contribution in [0.1, 0.15) is 6.42 Å². The van der Waals surface area contributed by atoms with Crippen molar-refractivity contribution in [2.24, 2.45) is 5.73 Å². The van der Waals surface area contributed by atoms with Gasteiger partial charge in [0, 0.05) is 23.7 Å². The van der Waals surface area contributed by atoms with Gasteiger partial charge < -0.3 is 20.7 Å². The first kappa shape index (κ1) is 21.2. The summed E-state index contributed by atoms with van der Waals surface area (Å²) in [6.45, 7) is 0.242. The summed E-state index contributed by atoms with van der Waals surface area (Å²) < 4.78 is 5.13. The van der Waals surface area contributed by atoms with Crippen LogP contribution in [0.5, 0.6) is 5.75 Å². The maximum Gasteiger partial charge on any atom is 0.243 e. The maximum absolute atomic E-state index is 12.5. The fourth-order valence-electron chi connectivity index (χ4n) is 2.35. The van der Waals surface area contributed by atoms with Crippen molar-refractivity contribution in [2.45, 2.75) is 6.42 Å². The Morgan fingerprint density at radius 1 is 1.11 bits per heavy atom. The third kappa shape index (κ3) is 6.20. The molecular formula is C18H18Cl3N3O3. The van der Waals surface area contributed by atoms with Crippen molar-refractivity contribution in [3.05, 3.63) is 51.5 Å². The first-order chi connectivity index (χ1) is 12.8. The zero-order valence-corrected chi connectivity index (χ0v) is 16.7. The second-order valence-corrected chi connectivity index (χ2v) is 6.88. The van der Waals surface area contributed by atoms with E-state index in [1.165, 1.54) is 12.1 Å². The van der Waals surface area contributed by atoms with Crippen molar-refractivity contribution >= 4 is 58.0 Å². The van der Waals surface area contributed by atoms with Gasteiger partial charge in [0.15, 0.2) is 0 Å². The minimum Gasteiger partial charge on any atom is -0.497 e. The first-order valence-electron chi connectivity index (χ1n) is 7.92. The van der Waals surface area contributed by atoms with E-state index in [0.717, 1.165) is 5.69 Å². The summed E-state index contributed by atoms with van der Waals surface area (Å²) in [4.78, 5) is 25.4. The van der Waals surface area contributed by atoms with E-state index in [-0.39, 0.29) is 41.2 Å². The molecule has 2 aromatic rings. The lowest BCUT2D eigenvalue weighted by Gasteiger charge is -2.24. The predicted molar refractivity (Wildman–Crippen MR) is 109 cm³/mol. The molecule has 9 heteroatoms. The lowest BCUT2D eigenvalue weighted by Crippen LogP contribution is -2.35. The van der Waals surface area contributed by atoms with Crippen molar-refractivity contribution in [3.63, 3.8) is 0 Å². The Morgan fingerprint density at radius 2 is 1.70 bits per heavy atom. The number of hydrogen-bond donors (Lipinski definition) is 2. The van der Waals surface area contributed by atoms with Crippen LogP contribution in [0.25, 0.3) is 0 Å². The van der Waals surface area contributed by atoms with Crippen LogP contribution in [0.2, 0.25) is 15.1 Å². The lowest BCUT2D eigenvalue weighted by molar-refractivity contribution is -0.118. The molecule has 2 amide bonds. The van der Waals surface area contributed by atoms with E-state index < -0.39 is 5.91 Å². The Balaban J connectivity index is 2.16. The number of nitrogens with one attached hydrogen (secondary N) is 1. The molecule has 0 unspecified atom stereocenters. The normalized spacial score (nSPS) is 10.4. The molecular weight excluding hydrogens is 413 g/mol. The molecule has 0 aliphatic heterocycles. The number of halogens is 3. The molecule has 0 atom stereocenters. The molecule has 0 saturated carbocycles. The lowest BCUT2D eigenvalue weighted by atomic mass is 10.2. The topological polar surface area (TPSA) is 84.7 Å². The van der Waals surface area contributed by atoms with Gasteiger partial charge in [0.05, 0.1) is 29.4 Å². The Kier molecular flexibility index (Phi) is 7.59. The largest absolute Gasteiger partial charge is 0.497 e. The molecule has 0 heterocycles. The predicted octanol–water partition coefficient (Wildman–Crippen LogP) is 3.98. The number of carbonyl (C=O) groups is 2. The summed E-state index contributed by atoms with van der Waals surface area (Å²) in [6.07, 6.45) is 0.0990. The second-order valence-electron chi connectivity index (χ2n) is 5.63. The number of methoxy groups -OCH3 is 1.